The first-order valence-electron chi connectivity index (χ1n) is 26.8. The summed E-state index contributed by atoms with van der Waals surface area (Å²) in [6.07, 6.45) is 1.23. The minimum absolute atomic E-state index is 0.00557. The van der Waals surface area contributed by atoms with E-state index in [1.807, 2.05) is 0 Å². The van der Waals surface area contributed by atoms with Gasteiger partial charge in [0.2, 0.25) is 47.3 Å². The van der Waals surface area contributed by atoms with Gasteiger partial charge in [0, 0.05) is 45.6 Å². The van der Waals surface area contributed by atoms with Gasteiger partial charge in [-0.05, 0) is 95.6 Å². The van der Waals surface area contributed by atoms with Gasteiger partial charge in [0.15, 0.2) is 23.8 Å². The van der Waals surface area contributed by atoms with Gasteiger partial charge in [-0.15, -0.1) is 0 Å². The van der Waals surface area contributed by atoms with Crippen LogP contribution >= 0.6 is 0 Å². The van der Waals surface area contributed by atoms with Crippen molar-refractivity contribution >= 4 is 77.1 Å². The number of nitrogens with two attached hydrogens (primary N) is 11. The number of primary amides is 1. The van der Waals surface area contributed by atoms with E-state index in [2.05, 4.69) is 51.9 Å². The number of amides is 8. The number of hydrogen-bond acceptors (Lipinski definition) is 15. The summed E-state index contributed by atoms with van der Waals surface area (Å²) in [5.74, 6) is -8.82. The van der Waals surface area contributed by atoms with Crippen LogP contribution in [0.3, 0.4) is 0 Å². The lowest BCUT2D eigenvalue weighted by atomic mass is 10.0. The van der Waals surface area contributed by atoms with Gasteiger partial charge in [0.1, 0.15) is 42.3 Å². The van der Waals surface area contributed by atoms with Gasteiger partial charge < -0.3 is 105 Å². The van der Waals surface area contributed by atoms with Crippen LogP contribution in [0.4, 0.5) is 0 Å². The maximum absolute atomic E-state index is 14.5. The van der Waals surface area contributed by atoms with Gasteiger partial charge in [0.25, 0.3) is 0 Å². The zero-order chi connectivity index (χ0) is 60.4. The first-order chi connectivity index (χ1) is 38.4. The molecular weight excluding hydrogens is 1060 g/mol. The third-order valence-electron chi connectivity index (χ3n) is 12.6. The molecule has 2 rings (SSSR count). The lowest BCUT2D eigenvalue weighted by Gasteiger charge is -2.31. The van der Waals surface area contributed by atoms with Crippen LogP contribution in [0.25, 0.3) is 0 Å². The Hall–Kier alpha value is -8.55. The van der Waals surface area contributed by atoms with Gasteiger partial charge in [-0.2, -0.15) is 0 Å². The fraction of sp³-hybridized carbons (Fsp3) is 0.612. The number of guanidine groups is 4. The van der Waals surface area contributed by atoms with Crippen molar-refractivity contribution in [1.29, 1.82) is 0 Å². The highest BCUT2D eigenvalue weighted by molar-refractivity contribution is 5.98. The van der Waals surface area contributed by atoms with Crippen LogP contribution in [0.5, 0.6) is 0 Å². The van der Waals surface area contributed by atoms with Crippen molar-refractivity contribution in [3.63, 3.8) is 0 Å². The summed E-state index contributed by atoms with van der Waals surface area (Å²) >= 11 is 0. The molecule has 81 heavy (non-hydrogen) atoms. The smallest absolute Gasteiger partial charge is 0.326 e. The third-order valence-corrected chi connectivity index (χ3v) is 12.6. The summed E-state index contributed by atoms with van der Waals surface area (Å²) in [6, 6.07) is -1.84. The molecule has 0 radical (unpaired) electrons. The normalized spacial score (nSPS) is 15.3. The summed E-state index contributed by atoms with van der Waals surface area (Å²) in [5, 5.41) is 25.6. The van der Waals surface area contributed by atoms with Crippen LogP contribution in [0.1, 0.15) is 102 Å². The number of carboxylic acids is 1. The Morgan fingerprint density at radius 3 is 1.38 bits per heavy atom. The average molecular weight is 1140 g/mol. The number of carboxylic acid groups (broad SMARTS) is 1. The summed E-state index contributed by atoms with van der Waals surface area (Å²) in [6.45, 7) is 0.564. The van der Waals surface area contributed by atoms with Crippen LogP contribution in [0, 0.1) is 0 Å². The van der Waals surface area contributed by atoms with Gasteiger partial charge in [-0.3, -0.25) is 58.3 Å². The molecule has 1 fully saturated rings. The Morgan fingerprint density at radius 2 is 0.938 bits per heavy atom. The zero-order valence-electron chi connectivity index (χ0n) is 45.8. The Morgan fingerprint density at radius 1 is 0.519 bits per heavy atom. The zero-order valence-corrected chi connectivity index (χ0v) is 45.8. The predicted octanol–water partition coefficient (Wildman–Crippen LogP) is -6.85. The lowest BCUT2D eigenvalue weighted by Crippen LogP contribution is -2.60. The second-order valence-electron chi connectivity index (χ2n) is 19.3. The molecule has 0 saturated carbocycles. The molecule has 8 atom stereocenters. The number of likely N-dealkylation sites (tertiary alicyclic amines) is 1. The first kappa shape index (κ1) is 68.6. The van der Waals surface area contributed by atoms with E-state index >= 15 is 0 Å². The van der Waals surface area contributed by atoms with Crippen LogP contribution in [0.15, 0.2) is 50.3 Å². The fourth-order valence-electron chi connectivity index (χ4n) is 8.46. The molecule has 0 spiro atoms. The summed E-state index contributed by atoms with van der Waals surface area (Å²) in [5.41, 5.74) is 61.9. The molecule has 0 bridgehead atoms. The highest BCUT2D eigenvalue weighted by Crippen LogP contribution is 2.21. The van der Waals surface area contributed by atoms with E-state index in [-0.39, 0.29) is 121 Å². The maximum Gasteiger partial charge on any atom is 0.326 e. The Kier molecular flexibility index (Phi) is 31.6. The third kappa shape index (κ3) is 27.7. The van der Waals surface area contributed by atoms with E-state index in [1.54, 1.807) is 30.3 Å². The van der Waals surface area contributed by atoms with Crippen LogP contribution in [-0.4, -0.2) is 175 Å². The molecule has 32 nitrogen and oxygen atoms in total. The number of aliphatic imine (C=N–C) groups is 4. The van der Waals surface area contributed by atoms with Crippen molar-refractivity contribution in [2.24, 2.45) is 83.0 Å². The lowest BCUT2D eigenvalue weighted by molar-refractivity contribution is -0.145. The molecule has 29 N–H and O–H groups in total. The van der Waals surface area contributed by atoms with Gasteiger partial charge in [0.05, 0.1) is 6.04 Å². The quantitative estimate of drug-likeness (QED) is 0.0165. The summed E-state index contributed by atoms with van der Waals surface area (Å²) in [4.78, 5) is 140. The SMILES string of the molecule is NCCCC[C@H](N)C(=O)N[C@@H](Cc1ccccc1)C(=O)N[C@@H](CCCN=C(N)N)C(=O)N[C@@H](CCCN=C(N)N)C(=O)N[C@@H](CCC(N)=O)C(=O)N[C@@H](CCCN=C(N)N)C(=O)N1CCC[C@H]1C(=O)N[C@@H](CCCN=C(N)N)C(=O)O. The monoisotopic (exact) mass is 1140 g/mol. The Balaban J connectivity index is 2.55. The summed E-state index contributed by atoms with van der Waals surface area (Å²) < 4.78 is 0. The number of nitrogens with one attached hydrogen (secondary N) is 6. The standard InChI is InChI=1S/C49H86N22O10/c50-21-5-4-13-29(51)38(73)70-35(27-28-11-2-1-3-12-28)42(77)66-31(15-7-23-62-47(55)56)39(74)65-30(14-6-22-61-46(53)54)40(75)67-32(19-20-37(52)72)41(76)68-33(16-8-24-63-48(57)58)44(79)71-26-10-18-36(71)43(78)69-34(45(80)81)17-9-25-64-49(59)60/h1-3,11-12,29-36H,4-10,13-27,50-51H2,(H2,52,72)(H,65,74)(H,66,77)(H,67,75)(H,68,76)(H,69,78)(H,70,73)(H,80,81)(H4,53,54,61)(H4,55,56,62)(H4,57,58,63)(H4,59,60,64)/t29-,30-,31-,32-,33-,34-,35-,36-/m0/s1. The first-order valence-corrected chi connectivity index (χ1v) is 26.8. The van der Waals surface area contributed by atoms with Crippen molar-refractivity contribution in [3.05, 3.63) is 35.9 Å². The molecule has 1 aromatic carbocycles. The second kappa shape index (κ2) is 37.3. The number of unbranched alkanes of at least 4 members (excludes halogenated alkanes) is 1. The molecule has 1 saturated heterocycles. The average Bonchev–Trinajstić information content (AvgIpc) is 3.91. The molecule has 0 aromatic heterocycles. The molecule has 1 aliphatic rings. The molecule has 32 heteroatoms. The van der Waals surface area contributed by atoms with Crippen molar-refractivity contribution in [3.8, 4) is 0 Å². The van der Waals surface area contributed by atoms with E-state index in [9.17, 15) is 48.3 Å². The molecule has 1 aromatic rings. The molecular formula is C49H86N22O10. The molecule has 1 aliphatic heterocycles. The van der Waals surface area contributed by atoms with Gasteiger partial charge in [-0.25, -0.2) is 4.79 Å². The highest BCUT2D eigenvalue weighted by Gasteiger charge is 2.40. The minimum atomic E-state index is -1.60. The number of nitrogens with zero attached hydrogens (tertiary/aromatic N) is 5. The molecule has 1 heterocycles. The number of benzene rings is 1. The second-order valence-corrected chi connectivity index (χ2v) is 19.3. The Labute approximate surface area is 470 Å². The fourth-order valence-corrected chi connectivity index (χ4v) is 8.46. The topological polar surface area (TPSA) is 585 Å². The number of carbonyl (C=O) groups is 9. The van der Waals surface area contributed by atoms with E-state index in [1.165, 1.54) is 4.90 Å². The van der Waals surface area contributed by atoms with E-state index in [0.29, 0.717) is 37.8 Å². The minimum Gasteiger partial charge on any atom is -0.480 e. The molecule has 8 amide bonds. The number of aliphatic carboxylic acids is 1. The number of carbonyl (C=O) groups excluding carboxylic acids is 8. The maximum atomic E-state index is 14.5. The Bertz CT molecular complexity index is 2340. The van der Waals surface area contributed by atoms with Crippen molar-refractivity contribution in [1.82, 2.24) is 36.8 Å². The van der Waals surface area contributed by atoms with Crippen molar-refractivity contribution < 1.29 is 48.3 Å². The number of hydrogen-bond donors (Lipinski definition) is 18. The summed E-state index contributed by atoms with van der Waals surface area (Å²) in [7, 11) is 0. The van der Waals surface area contributed by atoms with E-state index in [4.69, 9.17) is 63.1 Å². The molecule has 452 valence electrons. The van der Waals surface area contributed by atoms with Crippen LogP contribution < -0.4 is 95.0 Å². The van der Waals surface area contributed by atoms with E-state index in [0.717, 1.165) is 0 Å². The van der Waals surface area contributed by atoms with Crippen LogP contribution in [-0.2, 0) is 49.6 Å². The van der Waals surface area contributed by atoms with Crippen LogP contribution in [0.2, 0.25) is 0 Å². The van der Waals surface area contributed by atoms with Gasteiger partial charge in [-0.1, -0.05) is 36.8 Å². The predicted molar refractivity (Wildman–Crippen MR) is 303 cm³/mol. The highest BCUT2D eigenvalue weighted by atomic mass is 16.4. The largest absolute Gasteiger partial charge is 0.480 e. The van der Waals surface area contributed by atoms with Crippen molar-refractivity contribution in [2.45, 2.75) is 151 Å². The molecule has 0 unspecified atom stereocenters. The number of rotatable bonds is 39. The van der Waals surface area contributed by atoms with Crippen molar-refractivity contribution in [2.75, 3.05) is 39.3 Å². The van der Waals surface area contributed by atoms with Gasteiger partial charge >= 0.3 is 5.97 Å². The van der Waals surface area contributed by atoms with E-state index < -0.39 is 114 Å². The molecule has 0 aliphatic carbocycles.